The summed E-state index contributed by atoms with van der Waals surface area (Å²) in [6.45, 7) is 7.74. The summed E-state index contributed by atoms with van der Waals surface area (Å²) in [6, 6.07) is 8.73. The number of morpholine rings is 1. The molecule has 1 aliphatic heterocycles. The zero-order valence-corrected chi connectivity index (χ0v) is 20.5. The highest BCUT2D eigenvalue weighted by molar-refractivity contribution is 5.91. The van der Waals surface area contributed by atoms with Crippen LogP contribution in [0.5, 0.6) is 0 Å². The topological polar surface area (TPSA) is 88.5 Å². The van der Waals surface area contributed by atoms with Crippen molar-refractivity contribution in [2.45, 2.75) is 32.9 Å². The molecule has 0 bridgehead atoms. The Morgan fingerprint density at radius 1 is 1.11 bits per heavy atom. The molecule has 2 aromatic carbocycles. The first-order valence-corrected chi connectivity index (χ1v) is 12.1. The molecule has 1 aliphatic rings. The van der Waals surface area contributed by atoms with Crippen LogP contribution in [0.3, 0.4) is 0 Å². The van der Waals surface area contributed by atoms with E-state index in [1.54, 1.807) is 10.6 Å². The molecular formula is C26H31F2N5O3. The van der Waals surface area contributed by atoms with Gasteiger partial charge in [0.2, 0.25) is 11.8 Å². The number of fused-ring (bicyclic) bond motifs is 1. The van der Waals surface area contributed by atoms with Crippen LogP contribution in [0.25, 0.3) is 11.0 Å². The summed E-state index contributed by atoms with van der Waals surface area (Å²) in [5, 5.41) is 5.84. The molecule has 1 unspecified atom stereocenters. The molecule has 1 saturated heterocycles. The average molecular weight is 500 g/mol. The Morgan fingerprint density at radius 2 is 1.86 bits per heavy atom. The second kappa shape index (κ2) is 11.6. The van der Waals surface area contributed by atoms with Gasteiger partial charge in [0.1, 0.15) is 6.04 Å². The fourth-order valence-corrected chi connectivity index (χ4v) is 4.36. The summed E-state index contributed by atoms with van der Waals surface area (Å²) in [5.41, 5.74) is 2.11. The van der Waals surface area contributed by atoms with E-state index in [0.29, 0.717) is 37.4 Å². The van der Waals surface area contributed by atoms with Crippen molar-refractivity contribution in [3.63, 3.8) is 0 Å². The van der Waals surface area contributed by atoms with Crippen molar-refractivity contribution in [2.75, 3.05) is 38.2 Å². The van der Waals surface area contributed by atoms with Crippen molar-refractivity contribution in [1.82, 2.24) is 19.8 Å². The molecule has 1 aromatic heterocycles. The molecule has 4 rings (SSSR count). The molecular weight excluding hydrogens is 468 g/mol. The molecule has 0 aliphatic carbocycles. The summed E-state index contributed by atoms with van der Waals surface area (Å²) < 4.78 is 34.3. The predicted octanol–water partition coefficient (Wildman–Crippen LogP) is 3.49. The summed E-state index contributed by atoms with van der Waals surface area (Å²) in [4.78, 5) is 31.9. The van der Waals surface area contributed by atoms with E-state index in [9.17, 15) is 18.4 Å². The number of benzene rings is 2. The fraction of sp³-hybridized carbons (Fsp3) is 0.423. The van der Waals surface area contributed by atoms with E-state index in [1.165, 1.54) is 6.33 Å². The van der Waals surface area contributed by atoms with Gasteiger partial charge in [-0.1, -0.05) is 26.0 Å². The molecule has 2 heterocycles. The highest BCUT2D eigenvalue weighted by Crippen LogP contribution is 2.26. The van der Waals surface area contributed by atoms with Crippen LogP contribution in [0, 0.1) is 17.6 Å². The normalized spacial score (nSPS) is 15.2. The third kappa shape index (κ3) is 6.24. The molecule has 8 nitrogen and oxygen atoms in total. The van der Waals surface area contributed by atoms with Crippen molar-refractivity contribution in [2.24, 2.45) is 5.92 Å². The minimum atomic E-state index is -0.990. The summed E-state index contributed by atoms with van der Waals surface area (Å²) >= 11 is 0. The zero-order chi connectivity index (χ0) is 25.7. The number of hydrogen-bond donors (Lipinski definition) is 2. The molecule has 3 aromatic rings. The van der Waals surface area contributed by atoms with Crippen LogP contribution in [-0.2, 0) is 20.9 Å². The lowest BCUT2D eigenvalue weighted by Gasteiger charge is -2.26. The number of nitrogens with zero attached hydrogens (tertiary/aromatic N) is 3. The third-order valence-electron chi connectivity index (χ3n) is 6.25. The SMILES string of the molecule is CC(C)C(C(=O)NCc1cccc(NC(=O)CCN2CCOCC2)c1)n1cnc2cc(F)c(F)cc21. The van der Waals surface area contributed by atoms with Gasteiger partial charge in [0, 0.05) is 50.4 Å². The Bertz CT molecular complexity index is 1220. The maximum absolute atomic E-state index is 13.9. The van der Waals surface area contributed by atoms with Crippen molar-refractivity contribution in [3.8, 4) is 0 Å². The Hall–Kier alpha value is -3.37. The minimum absolute atomic E-state index is 0.0711. The second-order valence-electron chi connectivity index (χ2n) is 9.27. The number of aromatic nitrogens is 2. The lowest BCUT2D eigenvalue weighted by molar-refractivity contribution is -0.125. The van der Waals surface area contributed by atoms with E-state index in [0.717, 1.165) is 30.8 Å². The summed E-state index contributed by atoms with van der Waals surface area (Å²) in [6.07, 6.45) is 1.82. The van der Waals surface area contributed by atoms with Crippen LogP contribution in [-0.4, -0.2) is 59.1 Å². The molecule has 0 spiro atoms. The lowest BCUT2D eigenvalue weighted by Crippen LogP contribution is -2.38. The van der Waals surface area contributed by atoms with Crippen LogP contribution in [0.1, 0.15) is 31.9 Å². The fourth-order valence-electron chi connectivity index (χ4n) is 4.36. The van der Waals surface area contributed by atoms with Crippen LogP contribution >= 0.6 is 0 Å². The first kappa shape index (κ1) is 25.7. The van der Waals surface area contributed by atoms with Crippen LogP contribution in [0.2, 0.25) is 0 Å². The maximum Gasteiger partial charge on any atom is 0.243 e. The van der Waals surface area contributed by atoms with Gasteiger partial charge in [0.25, 0.3) is 0 Å². The number of hydrogen-bond acceptors (Lipinski definition) is 5. The molecule has 1 atom stereocenters. The molecule has 1 fully saturated rings. The summed E-state index contributed by atoms with van der Waals surface area (Å²) in [7, 11) is 0. The molecule has 0 saturated carbocycles. The van der Waals surface area contributed by atoms with Gasteiger partial charge in [-0.2, -0.15) is 0 Å². The number of carbonyl (C=O) groups excluding carboxylic acids is 2. The predicted molar refractivity (Wildman–Crippen MR) is 132 cm³/mol. The molecule has 2 N–H and O–H groups in total. The van der Waals surface area contributed by atoms with E-state index in [2.05, 4.69) is 20.5 Å². The van der Waals surface area contributed by atoms with E-state index in [-0.39, 0.29) is 29.8 Å². The van der Waals surface area contributed by atoms with Crippen molar-refractivity contribution >= 4 is 28.5 Å². The molecule has 2 amide bonds. The quantitative estimate of drug-likeness (QED) is 0.471. The molecule has 0 radical (unpaired) electrons. The minimum Gasteiger partial charge on any atom is -0.379 e. The highest BCUT2D eigenvalue weighted by atomic mass is 19.2. The first-order valence-electron chi connectivity index (χ1n) is 12.1. The number of nitrogens with one attached hydrogen (secondary N) is 2. The standard InChI is InChI=1S/C26H31F2N5O3/c1-17(2)25(33-16-30-22-13-20(27)21(28)14-23(22)33)26(35)29-15-18-4-3-5-19(12-18)31-24(34)6-7-32-8-10-36-11-9-32/h3-5,12-14,16-17,25H,6-11,15H2,1-2H3,(H,29,35)(H,31,34). The number of ether oxygens (including phenoxy) is 1. The van der Waals surface area contributed by atoms with E-state index in [1.807, 2.05) is 32.0 Å². The largest absolute Gasteiger partial charge is 0.379 e. The van der Waals surface area contributed by atoms with Gasteiger partial charge in [-0.05, 0) is 23.6 Å². The Morgan fingerprint density at radius 3 is 2.61 bits per heavy atom. The second-order valence-corrected chi connectivity index (χ2v) is 9.27. The smallest absolute Gasteiger partial charge is 0.243 e. The van der Waals surface area contributed by atoms with Crippen LogP contribution < -0.4 is 10.6 Å². The number of amides is 2. The lowest BCUT2D eigenvalue weighted by atomic mass is 10.0. The Labute approximate surface area is 208 Å². The molecule has 36 heavy (non-hydrogen) atoms. The zero-order valence-electron chi connectivity index (χ0n) is 20.5. The van der Waals surface area contributed by atoms with Gasteiger partial charge in [0.05, 0.1) is 30.6 Å². The Balaban J connectivity index is 1.37. The van der Waals surface area contributed by atoms with Gasteiger partial charge in [-0.3, -0.25) is 14.5 Å². The number of rotatable bonds is 9. The van der Waals surface area contributed by atoms with E-state index < -0.39 is 17.7 Å². The van der Waals surface area contributed by atoms with Gasteiger partial charge >= 0.3 is 0 Å². The third-order valence-corrected chi connectivity index (χ3v) is 6.25. The first-order chi connectivity index (χ1) is 17.3. The average Bonchev–Trinajstić information content (AvgIpc) is 3.24. The van der Waals surface area contributed by atoms with E-state index in [4.69, 9.17) is 4.74 Å². The van der Waals surface area contributed by atoms with Crippen LogP contribution in [0.15, 0.2) is 42.7 Å². The summed E-state index contributed by atoms with van der Waals surface area (Å²) in [5.74, 6) is -2.44. The van der Waals surface area contributed by atoms with Gasteiger partial charge in [-0.25, -0.2) is 13.8 Å². The van der Waals surface area contributed by atoms with E-state index >= 15 is 0 Å². The molecule has 10 heteroatoms. The number of carbonyl (C=O) groups is 2. The highest BCUT2D eigenvalue weighted by Gasteiger charge is 2.26. The number of halogens is 2. The monoisotopic (exact) mass is 499 g/mol. The van der Waals surface area contributed by atoms with Gasteiger partial charge in [-0.15, -0.1) is 0 Å². The molecule has 192 valence electrons. The van der Waals surface area contributed by atoms with Crippen molar-refractivity contribution in [1.29, 1.82) is 0 Å². The van der Waals surface area contributed by atoms with Gasteiger partial charge < -0.3 is 19.9 Å². The van der Waals surface area contributed by atoms with Crippen LogP contribution in [0.4, 0.5) is 14.5 Å². The maximum atomic E-state index is 13.9. The number of anilines is 1. The Kier molecular flexibility index (Phi) is 8.27. The number of imidazole rings is 1. The van der Waals surface area contributed by atoms with Crippen molar-refractivity contribution in [3.05, 3.63) is 59.9 Å². The van der Waals surface area contributed by atoms with Gasteiger partial charge in [0.15, 0.2) is 11.6 Å². The van der Waals surface area contributed by atoms with Crippen molar-refractivity contribution < 1.29 is 23.1 Å².